The summed E-state index contributed by atoms with van der Waals surface area (Å²) in [6.07, 6.45) is 1.96. The monoisotopic (exact) mass is 256 g/mol. The lowest BCUT2D eigenvalue weighted by molar-refractivity contribution is 0.368. The molecule has 1 heterocycles. The van der Waals surface area contributed by atoms with Crippen LogP contribution in [0.25, 0.3) is 0 Å². The molecule has 0 saturated heterocycles. The van der Waals surface area contributed by atoms with Gasteiger partial charge in [-0.05, 0) is 24.6 Å². The van der Waals surface area contributed by atoms with E-state index in [1.54, 1.807) is 4.68 Å². The standard InChI is InChI=1S/C14H16N4O/c1-11-14(10-18(2)17-11)16-9-12-3-5-13(6-4-12)19-8-7-15/h3-6,10,16H,8-9H2,1-2H3. The lowest BCUT2D eigenvalue weighted by atomic mass is 10.2. The fourth-order valence-corrected chi connectivity index (χ4v) is 1.79. The van der Waals surface area contributed by atoms with Gasteiger partial charge in [-0.15, -0.1) is 0 Å². The molecular formula is C14H16N4O. The summed E-state index contributed by atoms with van der Waals surface area (Å²) in [6, 6.07) is 9.63. The quantitative estimate of drug-likeness (QED) is 0.891. The Labute approximate surface area is 112 Å². The largest absolute Gasteiger partial charge is 0.479 e. The van der Waals surface area contributed by atoms with Crippen molar-refractivity contribution < 1.29 is 4.74 Å². The SMILES string of the molecule is Cc1nn(C)cc1NCc1ccc(OCC#N)cc1. The van der Waals surface area contributed by atoms with Gasteiger partial charge in [-0.3, -0.25) is 4.68 Å². The van der Waals surface area contributed by atoms with Crippen molar-refractivity contribution in [3.63, 3.8) is 0 Å². The number of aromatic nitrogens is 2. The Morgan fingerprint density at radius 1 is 1.37 bits per heavy atom. The molecule has 0 amide bonds. The van der Waals surface area contributed by atoms with E-state index in [9.17, 15) is 0 Å². The number of hydrogen-bond donors (Lipinski definition) is 1. The number of aryl methyl sites for hydroxylation is 2. The molecule has 5 heteroatoms. The van der Waals surface area contributed by atoms with Crippen LogP contribution in [0.4, 0.5) is 5.69 Å². The van der Waals surface area contributed by atoms with E-state index in [0.29, 0.717) is 5.75 Å². The Bertz CT molecular complexity index is 580. The van der Waals surface area contributed by atoms with Gasteiger partial charge in [0, 0.05) is 19.8 Å². The van der Waals surface area contributed by atoms with Gasteiger partial charge >= 0.3 is 0 Å². The number of nitrogens with zero attached hydrogens (tertiary/aromatic N) is 3. The topological polar surface area (TPSA) is 62.9 Å². The molecule has 0 aliphatic carbocycles. The maximum absolute atomic E-state index is 8.43. The van der Waals surface area contributed by atoms with Crippen LogP contribution in [0.1, 0.15) is 11.3 Å². The van der Waals surface area contributed by atoms with Crippen LogP contribution >= 0.6 is 0 Å². The highest BCUT2D eigenvalue weighted by molar-refractivity contribution is 5.46. The Kier molecular flexibility index (Phi) is 4.04. The molecule has 1 aromatic carbocycles. The van der Waals surface area contributed by atoms with Crippen molar-refractivity contribution in [2.24, 2.45) is 7.05 Å². The fraction of sp³-hybridized carbons (Fsp3) is 0.286. The highest BCUT2D eigenvalue weighted by atomic mass is 16.5. The van der Waals surface area contributed by atoms with Crippen molar-refractivity contribution in [1.82, 2.24) is 9.78 Å². The summed E-state index contributed by atoms with van der Waals surface area (Å²) >= 11 is 0. The Balaban J connectivity index is 1.93. The molecule has 0 bridgehead atoms. The first-order valence-electron chi connectivity index (χ1n) is 6.02. The molecule has 0 aliphatic rings. The zero-order valence-electron chi connectivity index (χ0n) is 11.1. The Morgan fingerprint density at radius 3 is 2.68 bits per heavy atom. The zero-order valence-corrected chi connectivity index (χ0v) is 11.1. The second-order valence-corrected chi connectivity index (χ2v) is 4.25. The smallest absolute Gasteiger partial charge is 0.174 e. The summed E-state index contributed by atoms with van der Waals surface area (Å²) in [5, 5.41) is 16.0. The number of nitriles is 1. The third-order valence-corrected chi connectivity index (χ3v) is 2.72. The van der Waals surface area contributed by atoms with Crippen molar-refractivity contribution in [3.8, 4) is 11.8 Å². The minimum Gasteiger partial charge on any atom is -0.479 e. The predicted octanol–water partition coefficient (Wildman–Crippen LogP) is 2.24. The van der Waals surface area contributed by atoms with Crippen molar-refractivity contribution in [3.05, 3.63) is 41.7 Å². The first-order chi connectivity index (χ1) is 9.19. The van der Waals surface area contributed by atoms with E-state index in [-0.39, 0.29) is 6.61 Å². The van der Waals surface area contributed by atoms with Crippen molar-refractivity contribution >= 4 is 5.69 Å². The minimum absolute atomic E-state index is 0.0759. The van der Waals surface area contributed by atoms with Crippen LogP contribution in [0.15, 0.2) is 30.5 Å². The molecule has 5 nitrogen and oxygen atoms in total. The van der Waals surface area contributed by atoms with Crippen LogP contribution < -0.4 is 10.1 Å². The average Bonchev–Trinajstić information content (AvgIpc) is 2.73. The Morgan fingerprint density at radius 2 is 2.11 bits per heavy atom. The summed E-state index contributed by atoms with van der Waals surface area (Å²) in [4.78, 5) is 0. The maximum atomic E-state index is 8.43. The third kappa shape index (κ3) is 3.49. The molecule has 1 aromatic heterocycles. The number of ether oxygens (including phenoxy) is 1. The second-order valence-electron chi connectivity index (χ2n) is 4.25. The molecule has 0 unspecified atom stereocenters. The number of rotatable bonds is 5. The fourth-order valence-electron chi connectivity index (χ4n) is 1.79. The van der Waals surface area contributed by atoms with Crippen molar-refractivity contribution in [1.29, 1.82) is 5.26 Å². The molecule has 0 spiro atoms. The van der Waals surface area contributed by atoms with Crippen LogP contribution in [0.5, 0.6) is 5.75 Å². The van der Waals surface area contributed by atoms with Gasteiger partial charge in [-0.1, -0.05) is 12.1 Å². The first kappa shape index (κ1) is 13.0. The molecule has 0 fully saturated rings. The highest BCUT2D eigenvalue weighted by Gasteiger charge is 2.02. The summed E-state index contributed by atoms with van der Waals surface area (Å²) < 4.78 is 6.99. The zero-order chi connectivity index (χ0) is 13.7. The van der Waals surface area contributed by atoms with Gasteiger partial charge in [0.05, 0.1) is 11.4 Å². The molecule has 0 radical (unpaired) electrons. The molecule has 2 rings (SSSR count). The molecule has 19 heavy (non-hydrogen) atoms. The number of anilines is 1. The summed E-state index contributed by atoms with van der Waals surface area (Å²) in [5.41, 5.74) is 3.16. The van der Waals surface area contributed by atoms with Gasteiger partial charge < -0.3 is 10.1 Å². The van der Waals surface area contributed by atoms with Gasteiger partial charge in [0.1, 0.15) is 11.8 Å². The summed E-state index contributed by atoms with van der Waals surface area (Å²) in [6.45, 7) is 2.78. The van der Waals surface area contributed by atoms with E-state index < -0.39 is 0 Å². The number of benzene rings is 1. The summed E-state index contributed by atoms with van der Waals surface area (Å²) in [7, 11) is 1.90. The van der Waals surface area contributed by atoms with E-state index in [4.69, 9.17) is 10.00 Å². The number of hydrogen-bond acceptors (Lipinski definition) is 4. The second kappa shape index (κ2) is 5.91. The molecule has 98 valence electrons. The van der Waals surface area contributed by atoms with Gasteiger partial charge in [0.15, 0.2) is 6.61 Å². The average molecular weight is 256 g/mol. The van der Waals surface area contributed by atoms with Crippen LogP contribution in [-0.2, 0) is 13.6 Å². The third-order valence-electron chi connectivity index (χ3n) is 2.72. The van der Waals surface area contributed by atoms with Crippen molar-refractivity contribution in [2.45, 2.75) is 13.5 Å². The first-order valence-corrected chi connectivity index (χ1v) is 6.02. The van der Waals surface area contributed by atoms with Crippen LogP contribution in [0.2, 0.25) is 0 Å². The lowest BCUT2D eigenvalue weighted by Gasteiger charge is -2.06. The normalized spacial score (nSPS) is 9.95. The Hall–Kier alpha value is -2.48. The van der Waals surface area contributed by atoms with E-state index in [1.165, 1.54) is 0 Å². The van der Waals surface area contributed by atoms with Gasteiger partial charge in [0.25, 0.3) is 0 Å². The summed E-state index contributed by atoms with van der Waals surface area (Å²) in [5.74, 6) is 0.711. The van der Waals surface area contributed by atoms with Gasteiger partial charge in [-0.2, -0.15) is 10.4 Å². The van der Waals surface area contributed by atoms with Gasteiger partial charge in [0.2, 0.25) is 0 Å². The molecule has 1 N–H and O–H groups in total. The lowest BCUT2D eigenvalue weighted by Crippen LogP contribution is -2.00. The molecule has 0 atom stereocenters. The van der Waals surface area contributed by atoms with Crippen molar-refractivity contribution in [2.75, 3.05) is 11.9 Å². The molecule has 0 aliphatic heterocycles. The van der Waals surface area contributed by atoms with Crippen LogP contribution in [0.3, 0.4) is 0 Å². The van der Waals surface area contributed by atoms with E-state index in [1.807, 2.05) is 50.5 Å². The predicted molar refractivity (Wildman–Crippen MR) is 72.8 cm³/mol. The highest BCUT2D eigenvalue weighted by Crippen LogP contribution is 2.15. The number of nitrogens with one attached hydrogen (secondary N) is 1. The van der Waals surface area contributed by atoms with E-state index >= 15 is 0 Å². The molecule has 2 aromatic rings. The molecular weight excluding hydrogens is 240 g/mol. The van der Waals surface area contributed by atoms with Crippen LogP contribution in [-0.4, -0.2) is 16.4 Å². The minimum atomic E-state index is 0.0759. The molecule has 0 saturated carbocycles. The van der Waals surface area contributed by atoms with E-state index in [2.05, 4.69) is 10.4 Å². The maximum Gasteiger partial charge on any atom is 0.174 e. The van der Waals surface area contributed by atoms with Gasteiger partial charge in [-0.25, -0.2) is 0 Å². The van der Waals surface area contributed by atoms with Crippen LogP contribution in [0, 0.1) is 18.3 Å². The van der Waals surface area contributed by atoms with E-state index in [0.717, 1.165) is 23.5 Å².